The smallest absolute Gasteiger partial charge is 0.310 e. The molecule has 3 aliphatic heterocycles. The molecular weight excluding hydrogens is 395 g/mol. The van der Waals surface area contributed by atoms with Crippen LogP contribution in [0.15, 0.2) is 24.3 Å². The van der Waals surface area contributed by atoms with Gasteiger partial charge in [0.1, 0.15) is 11.9 Å². The second-order valence-corrected chi connectivity index (χ2v) is 10.9. The van der Waals surface area contributed by atoms with Crippen molar-refractivity contribution in [1.29, 1.82) is 0 Å². The summed E-state index contributed by atoms with van der Waals surface area (Å²) in [5.41, 5.74) is 1.43. The van der Waals surface area contributed by atoms with Crippen LogP contribution in [0.5, 0.6) is 0 Å². The van der Waals surface area contributed by atoms with Crippen LogP contribution in [0.3, 0.4) is 0 Å². The zero-order chi connectivity index (χ0) is 21.2. The van der Waals surface area contributed by atoms with Gasteiger partial charge in [-0.3, -0.25) is 9.69 Å². The van der Waals surface area contributed by atoms with E-state index in [4.69, 9.17) is 9.47 Å². The molecule has 0 N–H and O–H groups in total. The highest BCUT2D eigenvalue weighted by Crippen LogP contribution is 2.62. The summed E-state index contributed by atoms with van der Waals surface area (Å²) in [5.74, 6) is 0.715. The van der Waals surface area contributed by atoms with Crippen LogP contribution in [0.25, 0.3) is 0 Å². The minimum Gasteiger partial charge on any atom is -0.462 e. The number of rotatable bonds is 3. The van der Waals surface area contributed by atoms with E-state index in [0.29, 0.717) is 11.8 Å². The van der Waals surface area contributed by atoms with Gasteiger partial charge >= 0.3 is 5.97 Å². The molecule has 6 atom stereocenters. The Morgan fingerprint density at radius 2 is 1.87 bits per heavy atom. The van der Waals surface area contributed by atoms with Crippen molar-refractivity contribution in [3.63, 3.8) is 0 Å². The van der Waals surface area contributed by atoms with Gasteiger partial charge in [-0.1, -0.05) is 6.92 Å². The minimum absolute atomic E-state index is 0.00959. The third kappa shape index (κ3) is 3.37. The Labute approximate surface area is 183 Å². The molecule has 3 saturated heterocycles. The monoisotopic (exact) mass is 428 g/mol. The van der Waals surface area contributed by atoms with Gasteiger partial charge in [0.15, 0.2) is 0 Å². The van der Waals surface area contributed by atoms with E-state index in [1.54, 1.807) is 0 Å². The Kier molecular flexibility index (Phi) is 4.62. The summed E-state index contributed by atoms with van der Waals surface area (Å²) in [5, 5.41) is 0. The number of ether oxygens (including phenoxy) is 2. The fourth-order valence-electron chi connectivity index (χ4n) is 7.28. The molecule has 31 heavy (non-hydrogen) atoms. The van der Waals surface area contributed by atoms with Gasteiger partial charge in [0.2, 0.25) is 0 Å². The van der Waals surface area contributed by atoms with E-state index >= 15 is 0 Å². The largest absolute Gasteiger partial charge is 0.462 e. The van der Waals surface area contributed by atoms with Gasteiger partial charge in [-0.25, -0.2) is 4.39 Å². The van der Waals surface area contributed by atoms with Crippen molar-refractivity contribution >= 4 is 11.7 Å². The van der Waals surface area contributed by atoms with Crippen LogP contribution in [-0.2, 0) is 14.3 Å². The van der Waals surface area contributed by atoms with Gasteiger partial charge in [0, 0.05) is 44.3 Å². The Hall–Kier alpha value is -1.66. The zero-order valence-corrected chi connectivity index (χ0v) is 18.4. The van der Waals surface area contributed by atoms with E-state index in [2.05, 4.69) is 16.7 Å². The molecule has 0 radical (unpaired) electrons. The Bertz CT molecular complexity index is 849. The second-order valence-electron chi connectivity index (χ2n) is 10.9. The summed E-state index contributed by atoms with van der Waals surface area (Å²) >= 11 is 0. The molecule has 1 aromatic carbocycles. The fourth-order valence-corrected chi connectivity index (χ4v) is 7.28. The molecule has 3 heterocycles. The van der Waals surface area contributed by atoms with Crippen molar-refractivity contribution in [1.82, 2.24) is 4.90 Å². The van der Waals surface area contributed by atoms with Crippen LogP contribution in [0.1, 0.15) is 39.0 Å². The fraction of sp³-hybridized carbons (Fsp3) is 0.720. The Morgan fingerprint density at radius 3 is 2.58 bits per heavy atom. The van der Waals surface area contributed by atoms with Crippen molar-refractivity contribution in [2.45, 2.75) is 50.7 Å². The van der Waals surface area contributed by atoms with E-state index in [-0.39, 0.29) is 34.8 Å². The average Bonchev–Trinajstić information content (AvgIpc) is 3.46. The lowest BCUT2D eigenvalue weighted by molar-refractivity contribution is -0.147. The lowest BCUT2D eigenvalue weighted by Crippen LogP contribution is -2.52. The molecule has 5 aliphatic rings. The Morgan fingerprint density at radius 1 is 1.13 bits per heavy atom. The molecule has 6 rings (SSSR count). The van der Waals surface area contributed by atoms with Crippen LogP contribution >= 0.6 is 0 Å². The number of esters is 1. The quantitative estimate of drug-likeness (QED) is 0.545. The van der Waals surface area contributed by atoms with Gasteiger partial charge in [-0.15, -0.1) is 0 Å². The number of carbonyl (C=O) groups excluding carboxylic acids is 1. The van der Waals surface area contributed by atoms with Gasteiger partial charge < -0.3 is 14.4 Å². The SMILES string of the molecule is C[C@]12CCC[C@]3(CO3)[C@@H]1C[C@H]1[C@H](CN3CCN(c4ccc(F)cc4)CC3)C(=O)O[C@@H]1C2. The second kappa shape index (κ2) is 7.17. The average molecular weight is 429 g/mol. The van der Waals surface area contributed by atoms with E-state index in [1.807, 2.05) is 12.1 Å². The van der Waals surface area contributed by atoms with Gasteiger partial charge in [0.25, 0.3) is 0 Å². The number of epoxide rings is 1. The molecule has 5 nitrogen and oxygen atoms in total. The van der Waals surface area contributed by atoms with Crippen LogP contribution in [0.2, 0.25) is 0 Å². The van der Waals surface area contributed by atoms with Crippen LogP contribution in [0.4, 0.5) is 10.1 Å². The molecular formula is C25H33FN2O3. The van der Waals surface area contributed by atoms with Crippen molar-refractivity contribution in [2.24, 2.45) is 23.2 Å². The molecule has 5 fully saturated rings. The number of nitrogens with zero attached hydrogens (tertiary/aromatic N) is 2. The number of fused-ring (bicyclic) bond motifs is 3. The van der Waals surface area contributed by atoms with Crippen LogP contribution in [0, 0.1) is 29.0 Å². The summed E-state index contributed by atoms with van der Waals surface area (Å²) in [6.07, 6.45) is 5.84. The predicted octanol–water partition coefficient (Wildman–Crippen LogP) is 3.47. The molecule has 2 aliphatic carbocycles. The lowest BCUT2D eigenvalue weighted by atomic mass is 9.53. The van der Waals surface area contributed by atoms with Gasteiger partial charge in [-0.2, -0.15) is 0 Å². The highest BCUT2D eigenvalue weighted by atomic mass is 19.1. The normalized spacial score (nSPS) is 42.3. The zero-order valence-electron chi connectivity index (χ0n) is 18.4. The molecule has 6 heteroatoms. The third-order valence-corrected chi connectivity index (χ3v) is 9.10. The van der Waals surface area contributed by atoms with Gasteiger partial charge in [0.05, 0.1) is 18.1 Å². The summed E-state index contributed by atoms with van der Waals surface area (Å²) in [6.45, 7) is 7.77. The maximum absolute atomic E-state index is 13.2. The van der Waals surface area contributed by atoms with E-state index in [1.165, 1.54) is 31.4 Å². The van der Waals surface area contributed by atoms with Crippen molar-refractivity contribution < 1.29 is 18.7 Å². The first kappa shape index (κ1) is 20.0. The first-order chi connectivity index (χ1) is 15.0. The first-order valence-electron chi connectivity index (χ1n) is 12.0. The molecule has 1 spiro atoms. The maximum atomic E-state index is 13.2. The van der Waals surface area contributed by atoms with Crippen molar-refractivity contribution in [3.8, 4) is 0 Å². The standard InChI is InChI=1S/C25H33FN2O3/c1-24-7-2-8-25(16-30-25)22(24)13-19-20(23(29)31-21(19)14-24)15-27-9-11-28(12-10-27)18-5-3-17(26)4-6-18/h3-6,19-22H,2,7-16H2,1H3/t19-,20-,21+,22+,24+,25-/m0/s1. The third-order valence-electron chi connectivity index (χ3n) is 9.10. The number of anilines is 1. The molecule has 0 bridgehead atoms. The number of piperazine rings is 1. The van der Waals surface area contributed by atoms with Crippen molar-refractivity contribution in [3.05, 3.63) is 30.1 Å². The molecule has 0 amide bonds. The summed E-state index contributed by atoms with van der Waals surface area (Å²) < 4.78 is 25.2. The molecule has 168 valence electrons. The van der Waals surface area contributed by atoms with E-state index in [0.717, 1.165) is 57.9 Å². The highest BCUT2D eigenvalue weighted by Gasteiger charge is 2.65. The molecule has 0 unspecified atom stereocenters. The van der Waals surface area contributed by atoms with Crippen molar-refractivity contribution in [2.75, 3.05) is 44.2 Å². The van der Waals surface area contributed by atoms with Gasteiger partial charge in [-0.05, 0) is 67.7 Å². The molecule has 1 aromatic rings. The number of hydrogen-bond donors (Lipinski definition) is 0. The Balaban J connectivity index is 1.11. The van der Waals surface area contributed by atoms with Crippen LogP contribution in [-0.4, -0.2) is 61.9 Å². The number of carbonyl (C=O) groups is 1. The molecule has 2 saturated carbocycles. The minimum atomic E-state index is -0.198. The topological polar surface area (TPSA) is 45.3 Å². The van der Waals surface area contributed by atoms with Crippen LogP contribution < -0.4 is 4.90 Å². The lowest BCUT2D eigenvalue weighted by Gasteiger charge is -2.51. The molecule has 0 aromatic heterocycles. The summed E-state index contributed by atoms with van der Waals surface area (Å²) in [4.78, 5) is 17.6. The number of benzene rings is 1. The highest BCUT2D eigenvalue weighted by molar-refractivity contribution is 5.75. The summed E-state index contributed by atoms with van der Waals surface area (Å²) in [6, 6.07) is 6.75. The first-order valence-corrected chi connectivity index (χ1v) is 12.0. The number of hydrogen-bond acceptors (Lipinski definition) is 5. The predicted molar refractivity (Wildman–Crippen MR) is 115 cm³/mol. The number of halogens is 1. The summed E-state index contributed by atoms with van der Waals surface area (Å²) in [7, 11) is 0. The van der Waals surface area contributed by atoms with E-state index < -0.39 is 0 Å². The van der Waals surface area contributed by atoms with E-state index in [9.17, 15) is 9.18 Å². The maximum Gasteiger partial charge on any atom is 0.310 e.